The molecule has 3 aliphatic rings. The molecule has 0 spiro atoms. The molecule has 37 heavy (non-hydrogen) atoms. The third kappa shape index (κ3) is 4.26. The minimum absolute atomic E-state index is 0.0223. The van der Waals surface area contributed by atoms with Gasteiger partial charge in [-0.1, -0.05) is 18.2 Å². The summed E-state index contributed by atoms with van der Waals surface area (Å²) in [5.41, 5.74) is 4.98. The van der Waals surface area contributed by atoms with E-state index in [1.807, 2.05) is 35.9 Å². The summed E-state index contributed by atoms with van der Waals surface area (Å²) in [5, 5.41) is 12.2. The number of aryl methyl sites for hydroxylation is 1. The number of benzene rings is 2. The number of hydrogen-bond acceptors (Lipinski definition) is 5. The smallest absolute Gasteiger partial charge is 0.258 e. The first-order chi connectivity index (χ1) is 17.9. The molecule has 6 rings (SSSR count). The highest BCUT2D eigenvalue weighted by Gasteiger charge is 2.37. The van der Waals surface area contributed by atoms with Crippen molar-refractivity contribution in [1.29, 1.82) is 0 Å². The van der Waals surface area contributed by atoms with Gasteiger partial charge in [0.1, 0.15) is 18.8 Å². The topological polar surface area (TPSA) is 72.3 Å². The summed E-state index contributed by atoms with van der Waals surface area (Å²) >= 11 is 0. The van der Waals surface area contributed by atoms with Crippen LogP contribution in [0, 0.1) is 5.92 Å². The van der Waals surface area contributed by atoms with Crippen LogP contribution in [0.2, 0.25) is 0 Å². The Morgan fingerprint density at radius 3 is 2.65 bits per heavy atom. The first kappa shape index (κ1) is 24.2. The van der Waals surface area contributed by atoms with E-state index in [0.717, 1.165) is 41.0 Å². The van der Waals surface area contributed by atoms with E-state index in [4.69, 9.17) is 4.74 Å². The van der Waals surface area contributed by atoms with Crippen molar-refractivity contribution < 1.29 is 13.9 Å². The summed E-state index contributed by atoms with van der Waals surface area (Å²) in [6.07, 6.45) is 5.23. The summed E-state index contributed by atoms with van der Waals surface area (Å²) < 4.78 is 21.7. The maximum Gasteiger partial charge on any atom is 0.258 e. The van der Waals surface area contributed by atoms with Crippen LogP contribution < -0.4 is 10.2 Å². The number of aromatic nitrogens is 3. The van der Waals surface area contributed by atoms with Gasteiger partial charge in [-0.25, -0.2) is 4.39 Å². The molecular formula is C29H34FN5O2. The number of anilines is 1. The number of carbonyl (C=O) groups is 1. The zero-order chi connectivity index (χ0) is 25.7. The summed E-state index contributed by atoms with van der Waals surface area (Å²) in [6.45, 7) is 5.47. The number of rotatable bonds is 8. The number of nitrogens with zero attached hydrogens (tertiary/aromatic N) is 4. The van der Waals surface area contributed by atoms with Crippen LogP contribution in [0.25, 0.3) is 0 Å². The van der Waals surface area contributed by atoms with Crippen LogP contribution in [0.3, 0.4) is 0 Å². The molecule has 1 aliphatic carbocycles. The Labute approximate surface area is 217 Å². The maximum atomic E-state index is 14.2. The van der Waals surface area contributed by atoms with Crippen molar-refractivity contribution in [3.63, 3.8) is 0 Å². The van der Waals surface area contributed by atoms with Gasteiger partial charge in [-0.2, -0.15) is 0 Å². The molecule has 2 aliphatic heterocycles. The van der Waals surface area contributed by atoms with Crippen LogP contribution in [0.5, 0.6) is 0 Å². The Bertz CT molecular complexity index is 1330. The van der Waals surface area contributed by atoms with E-state index < -0.39 is 6.67 Å². The van der Waals surface area contributed by atoms with Crippen molar-refractivity contribution in [3.05, 3.63) is 76.4 Å². The molecule has 2 fully saturated rings. The van der Waals surface area contributed by atoms with Gasteiger partial charge < -0.3 is 19.5 Å². The van der Waals surface area contributed by atoms with Gasteiger partial charge in [-0.05, 0) is 73.6 Å². The molecule has 1 saturated heterocycles. The van der Waals surface area contributed by atoms with Gasteiger partial charge in [0, 0.05) is 35.8 Å². The number of alkyl halides is 1. The minimum Gasteiger partial charge on any atom is -0.381 e. The van der Waals surface area contributed by atoms with Crippen LogP contribution >= 0.6 is 0 Å². The van der Waals surface area contributed by atoms with Crippen LogP contribution in [-0.2, 0) is 25.0 Å². The lowest BCUT2D eigenvalue weighted by Crippen LogP contribution is -2.49. The van der Waals surface area contributed by atoms with Gasteiger partial charge in [0.25, 0.3) is 5.91 Å². The molecule has 194 valence electrons. The van der Waals surface area contributed by atoms with E-state index in [1.54, 1.807) is 11.2 Å². The Hall–Kier alpha value is -3.10. The van der Waals surface area contributed by atoms with Crippen LogP contribution in [0.1, 0.15) is 83.5 Å². The second-order valence-corrected chi connectivity index (χ2v) is 11.2. The van der Waals surface area contributed by atoms with E-state index in [-0.39, 0.29) is 23.4 Å². The highest BCUT2D eigenvalue weighted by atomic mass is 19.1. The zero-order valence-corrected chi connectivity index (χ0v) is 21.7. The Kier molecular flexibility index (Phi) is 6.12. The zero-order valence-electron chi connectivity index (χ0n) is 21.7. The van der Waals surface area contributed by atoms with Crippen molar-refractivity contribution in [2.75, 3.05) is 18.1 Å². The number of nitrogens with one attached hydrogen (secondary N) is 1. The summed E-state index contributed by atoms with van der Waals surface area (Å²) in [6, 6.07) is 12.0. The lowest BCUT2D eigenvalue weighted by molar-refractivity contribution is -0.0407. The Morgan fingerprint density at radius 1 is 1.22 bits per heavy atom. The number of amides is 1. The number of halogens is 1. The second kappa shape index (κ2) is 9.33. The summed E-state index contributed by atoms with van der Waals surface area (Å²) in [7, 11) is 1.95. The first-order valence-corrected chi connectivity index (χ1v) is 13.2. The average molecular weight is 504 g/mol. The van der Waals surface area contributed by atoms with Gasteiger partial charge in [0.2, 0.25) is 0 Å². The molecule has 0 unspecified atom stereocenters. The number of hydrogen-bond donors (Lipinski definition) is 1. The Morgan fingerprint density at radius 2 is 2.03 bits per heavy atom. The molecule has 1 amide bonds. The van der Waals surface area contributed by atoms with E-state index in [9.17, 15) is 9.18 Å². The fraction of sp³-hybridized carbons (Fsp3) is 0.483. The maximum absolute atomic E-state index is 14.2. The second-order valence-electron chi connectivity index (χ2n) is 11.2. The number of ether oxygens (including phenoxy) is 1. The lowest BCUT2D eigenvalue weighted by Gasteiger charge is -2.42. The standard InChI is InChI=1S/C29H34FN5O2/c1-18(32-29(2)8-5-9-29)20-10-21(13-30)25-14-35(28(36)24(25)12-20)23-7-4-6-19(11-23)26(22-15-37-16-22)27-33-31-17-34(27)3/h4,6-7,10-12,17-18,22,26,32H,5,8-9,13-16H2,1-3H3/t18-,26+/m0/s1. The van der Waals surface area contributed by atoms with Crippen molar-refractivity contribution in [1.82, 2.24) is 20.1 Å². The molecule has 2 aromatic carbocycles. The largest absolute Gasteiger partial charge is 0.381 e. The summed E-state index contributed by atoms with van der Waals surface area (Å²) in [5.74, 6) is 1.13. The van der Waals surface area contributed by atoms with Gasteiger partial charge in [-0.15, -0.1) is 10.2 Å². The number of fused-ring (bicyclic) bond motifs is 1. The van der Waals surface area contributed by atoms with Crippen LogP contribution in [0.15, 0.2) is 42.7 Å². The highest BCUT2D eigenvalue weighted by Crippen LogP contribution is 2.39. The highest BCUT2D eigenvalue weighted by molar-refractivity contribution is 6.10. The van der Waals surface area contributed by atoms with Crippen molar-refractivity contribution >= 4 is 11.6 Å². The van der Waals surface area contributed by atoms with E-state index in [1.165, 1.54) is 6.42 Å². The fourth-order valence-electron chi connectivity index (χ4n) is 6.08. The molecule has 1 aromatic heterocycles. The molecule has 3 aromatic rings. The summed E-state index contributed by atoms with van der Waals surface area (Å²) in [4.78, 5) is 15.5. The number of carbonyl (C=O) groups excluding carboxylic acids is 1. The van der Waals surface area contributed by atoms with Gasteiger partial charge in [0.05, 0.1) is 25.7 Å². The SMILES string of the molecule is C[C@H](NC1(C)CCC1)c1cc(CF)c2c(c1)C(=O)N(c1cccc([C@@H](c3nncn3C)C3COC3)c1)C2. The quantitative estimate of drug-likeness (QED) is 0.477. The van der Waals surface area contributed by atoms with E-state index in [0.29, 0.717) is 36.8 Å². The monoisotopic (exact) mass is 503 g/mol. The normalized spacial score (nSPS) is 20.3. The van der Waals surface area contributed by atoms with Gasteiger partial charge in [0.15, 0.2) is 0 Å². The predicted molar refractivity (Wildman–Crippen MR) is 139 cm³/mol. The molecule has 0 bridgehead atoms. The first-order valence-electron chi connectivity index (χ1n) is 13.2. The van der Waals surface area contributed by atoms with Crippen molar-refractivity contribution in [2.24, 2.45) is 13.0 Å². The molecule has 3 heterocycles. The van der Waals surface area contributed by atoms with Gasteiger partial charge in [-0.3, -0.25) is 4.79 Å². The molecule has 1 saturated carbocycles. The van der Waals surface area contributed by atoms with E-state index in [2.05, 4.69) is 41.5 Å². The lowest BCUT2D eigenvalue weighted by atomic mass is 9.77. The molecule has 7 nitrogen and oxygen atoms in total. The Balaban J connectivity index is 1.31. The predicted octanol–water partition coefficient (Wildman–Crippen LogP) is 4.82. The van der Waals surface area contributed by atoms with Crippen LogP contribution in [0.4, 0.5) is 10.1 Å². The van der Waals surface area contributed by atoms with Crippen molar-refractivity contribution in [2.45, 2.75) is 63.8 Å². The molecule has 0 radical (unpaired) electrons. The molecule has 8 heteroatoms. The van der Waals surface area contributed by atoms with E-state index >= 15 is 0 Å². The van der Waals surface area contributed by atoms with Gasteiger partial charge >= 0.3 is 0 Å². The molecular weight excluding hydrogens is 469 g/mol. The average Bonchev–Trinajstić information content (AvgIpc) is 3.42. The minimum atomic E-state index is -0.586. The fourth-order valence-corrected chi connectivity index (χ4v) is 6.08. The van der Waals surface area contributed by atoms with Crippen molar-refractivity contribution in [3.8, 4) is 0 Å². The third-order valence-electron chi connectivity index (χ3n) is 8.52. The third-order valence-corrected chi connectivity index (χ3v) is 8.52. The molecule has 2 atom stereocenters. The molecule has 1 N–H and O–H groups in total. The van der Waals surface area contributed by atoms with Crippen LogP contribution in [-0.4, -0.2) is 39.4 Å².